The van der Waals surface area contributed by atoms with E-state index in [2.05, 4.69) is 18.7 Å². The minimum Gasteiger partial charge on any atom is -0.391 e. The van der Waals surface area contributed by atoms with Crippen LogP contribution < -0.4 is 0 Å². The standard InChI is InChI=1S/C11H21NO2/c1-8-6-12(7-9(2)14-8)10-4-3-5-11(10)13/h8-11,13H,3-7H2,1-2H3/t8-,9-,10-,11+/m1/s1. The molecule has 1 heterocycles. The Balaban J connectivity index is 1.95. The summed E-state index contributed by atoms with van der Waals surface area (Å²) in [6, 6.07) is 0.392. The summed E-state index contributed by atoms with van der Waals surface area (Å²) in [5.41, 5.74) is 0. The lowest BCUT2D eigenvalue weighted by Crippen LogP contribution is -2.52. The molecule has 0 spiro atoms. The zero-order valence-corrected chi connectivity index (χ0v) is 9.15. The molecule has 1 saturated carbocycles. The second-order valence-electron chi connectivity index (χ2n) is 4.78. The van der Waals surface area contributed by atoms with Gasteiger partial charge < -0.3 is 9.84 Å². The van der Waals surface area contributed by atoms with Gasteiger partial charge in [-0.05, 0) is 33.1 Å². The van der Waals surface area contributed by atoms with E-state index in [9.17, 15) is 5.11 Å². The molecule has 2 aliphatic rings. The van der Waals surface area contributed by atoms with Gasteiger partial charge in [0.2, 0.25) is 0 Å². The van der Waals surface area contributed by atoms with Crippen molar-refractivity contribution < 1.29 is 9.84 Å². The summed E-state index contributed by atoms with van der Waals surface area (Å²) in [5.74, 6) is 0. The van der Waals surface area contributed by atoms with Gasteiger partial charge in [0.1, 0.15) is 0 Å². The van der Waals surface area contributed by atoms with E-state index in [1.54, 1.807) is 0 Å². The highest BCUT2D eigenvalue weighted by Crippen LogP contribution is 2.26. The van der Waals surface area contributed by atoms with Crippen LogP contribution in [0.4, 0.5) is 0 Å². The third-order valence-electron chi connectivity index (χ3n) is 3.36. The van der Waals surface area contributed by atoms with Gasteiger partial charge in [0, 0.05) is 19.1 Å². The summed E-state index contributed by atoms with van der Waals surface area (Å²) in [6.07, 6.45) is 3.82. The fourth-order valence-electron chi connectivity index (χ4n) is 2.84. The molecule has 0 unspecified atom stereocenters. The number of rotatable bonds is 1. The molecule has 2 rings (SSSR count). The number of aliphatic hydroxyl groups excluding tert-OH is 1. The van der Waals surface area contributed by atoms with Crippen molar-refractivity contribution in [2.24, 2.45) is 0 Å². The Morgan fingerprint density at radius 1 is 1.14 bits per heavy atom. The van der Waals surface area contributed by atoms with Crippen LogP contribution in [0.15, 0.2) is 0 Å². The molecule has 1 saturated heterocycles. The first kappa shape index (κ1) is 10.4. The summed E-state index contributed by atoms with van der Waals surface area (Å²) >= 11 is 0. The maximum absolute atomic E-state index is 9.83. The van der Waals surface area contributed by atoms with Crippen LogP contribution in [0.25, 0.3) is 0 Å². The largest absolute Gasteiger partial charge is 0.391 e. The van der Waals surface area contributed by atoms with E-state index in [1.165, 1.54) is 6.42 Å². The lowest BCUT2D eigenvalue weighted by atomic mass is 10.1. The quantitative estimate of drug-likeness (QED) is 0.684. The topological polar surface area (TPSA) is 32.7 Å². The molecule has 4 atom stereocenters. The van der Waals surface area contributed by atoms with Crippen molar-refractivity contribution in [1.82, 2.24) is 4.90 Å². The summed E-state index contributed by atoms with van der Waals surface area (Å²) in [6.45, 7) is 6.19. The van der Waals surface area contributed by atoms with Crippen molar-refractivity contribution in [3.8, 4) is 0 Å². The summed E-state index contributed by atoms with van der Waals surface area (Å²) < 4.78 is 5.69. The first-order valence-corrected chi connectivity index (χ1v) is 5.74. The fraction of sp³-hybridized carbons (Fsp3) is 1.00. The molecular formula is C11H21NO2. The Kier molecular flexibility index (Phi) is 3.10. The minimum atomic E-state index is -0.104. The summed E-state index contributed by atoms with van der Waals surface area (Å²) in [7, 11) is 0. The van der Waals surface area contributed by atoms with Gasteiger partial charge in [0.05, 0.1) is 18.3 Å². The molecule has 1 N–H and O–H groups in total. The zero-order chi connectivity index (χ0) is 10.1. The maximum Gasteiger partial charge on any atom is 0.0695 e. The number of morpholine rings is 1. The average Bonchev–Trinajstić information content (AvgIpc) is 2.49. The van der Waals surface area contributed by atoms with Crippen molar-refractivity contribution in [3.63, 3.8) is 0 Å². The molecule has 0 bridgehead atoms. The minimum absolute atomic E-state index is 0.104. The summed E-state index contributed by atoms with van der Waals surface area (Å²) in [5, 5.41) is 9.83. The van der Waals surface area contributed by atoms with Gasteiger partial charge in [-0.3, -0.25) is 4.90 Å². The van der Waals surface area contributed by atoms with Crippen molar-refractivity contribution in [2.75, 3.05) is 13.1 Å². The van der Waals surface area contributed by atoms with E-state index in [0.717, 1.165) is 25.9 Å². The number of aliphatic hydroxyl groups is 1. The molecule has 2 fully saturated rings. The molecular weight excluding hydrogens is 178 g/mol. The maximum atomic E-state index is 9.83. The van der Waals surface area contributed by atoms with Gasteiger partial charge in [-0.1, -0.05) is 0 Å². The van der Waals surface area contributed by atoms with Gasteiger partial charge in [-0.25, -0.2) is 0 Å². The number of nitrogens with zero attached hydrogens (tertiary/aromatic N) is 1. The Morgan fingerprint density at radius 2 is 1.79 bits per heavy atom. The lowest BCUT2D eigenvalue weighted by molar-refractivity contribution is -0.0911. The van der Waals surface area contributed by atoms with Crippen LogP contribution in [0, 0.1) is 0 Å². The van der Waals surface area contributed by atoms with Crippen LogP contribution in [0.3, 0.4) is 0 Å². The van der Waals surface area contributed by atoms with Gasteiger partial charge in [0.15, 0.2) is 0 Å². The van der Waals surface area contributed by atoms with Crippen molar-refractivity contribution in [1.29, 1.82) is 0 Å². The Bertz CT molecular complexity index is 188. The first-order chi connectivity index (χ1) is 6.66. The molecule has 0 aromatic carbocycles. The van der Waals surface area contributed by atoms with Crippen LogP contribution in [-0.2, 0) is 4.74 Å². The predicted molar refractivity (Wildman–Crippen MR) is 55.2 cm³/mol. The van der Waals surface area contributed by atoms with Gasteiger partial charge in [-0.2, -0.15) is 0 Å². The SMILES string of the molecule is C[C@@H]1CN([C@@H]2CCC[C@@H]2O)C[C@@H](C)O1. The summed E-state index contributed by atoms with van der Waals surface area (Å²) in [4.78, 5) is 2.41. The van der Waals surface area contributed by atoms with E-state index in [-0.39, 0.29) is 6.10 Å². The highest BCUT2D eigenvalue weighted by molar-refractivity contribution is 4.88. The molecule has 82 valence electrons. The van der Waals surface area contributed by atoms with Crippen molar-refractivity contribution >= 4 is 0 Å². The third-order valence-corrected chi connectivity index (χ3v) is 3.36. The van der Waals surface area contributed by atoms with Gasteiger partial charge in [-0.15, -0.1) is 0 Å². The molecule has 0 aromatic rings. The van der Waals surface area contributed by atoms with E-state index < -0.39 is 0 Å². The Morgan fingerprint density at radius 3 is 2.29 bits per heavy atom. The molecule has 0 radical (unpaired) electrons. The smallest absolute Gasteiger partial charge is 0.0695 e. The van der Waals surface area contributed by atoms with Crippen LogP contribution in [-0.4, -0.2) is 47.4 Å². The van der Waals surface area contributed by atoms with Crippen LogP contribution in [0.1, 0.15) is 33.1 Å². The van der Waals surface area contributed by atoms with E-state index in [0.29, 0.717) is 18.2 Å². The fourth-order valence-corrected chi connectivity index (χ4v) is 2.84. The number of hydrogen-bond donors (Lipinski definition) is 1. The second-order valence-corrected chi connectivity index (χ2v) is 4.78. The third kappa shape index (κ3) is 2.10. The van der Waals surface area contributed by atoms with Crippen molar-refractivity contribution in [2.45, 2.75) is 57.5 Å². The van der Waals surface area contributed by atoms with Crippen LogP contribution in [0.2, 0.25) is 0 Å². The molecule has 0 amide bonds. The number of hydrogen-bond acceptors (Lipinski definition) is 3. The van der Waals surface area contributed by atoms with Crippen LogP contribution >= 0.6 is 0 Å². The molecule has 1 aliphatic heterocycles. The first-order valence-electron chi connectivity index (χ1n) is 5.74. The van der Waals surface area contributed by atoms with E-state index in [1.807, 2.05) is 0 Å². The van der Waals surface area contributed by atoms with Gasteiger partial charge in [0.25, 0.3) is 0 Å². The van der Waals surface area contributed by atoms with E-state index >= 15 is 0 Å². The zero-order valence-electron chi connectivity index (χ0n) is 9.15. The Hall–Kier alpha value is -0.120. The van der Waals surface area contributed by atoms with Gasteiger partial charge >= 0.3 is 0 Å². The highest BCUT2D eigenvalue weighted by Gasteiger charge is 2.34. The molecule has 3 nitrogen and oxygen atoms in total. The van der Waals surface area contributed by atoms with Crippen LogP contribution in [0.5, 0.6) is 0 Å². The average molecular weight is 199 g/mol. The number of ether oxygens (including phenoxy) is 1. The highest BCUT2D eigenvalue weighted by atomic mass is 16.5. The van der Waals surface area contributed by atoms with E-state index in [4.69, 9.17) is 4.74 Å². The predicted octanol–water partition coefficient (Wildman–Crippen LogP) is 1.01. The molecule has 0 aromatic heterocycles. The lowest BCUT2D eigenvalue weighted by Gasteiger charge is -2.39. The normalized spacial score (nSPS) is 45.6. The second kappa shape index (κ2) is 4.17. The Labute approximate surface area is 86.0 Å². The monoisotopic (exact) mass is 199 g/mol. The molecule has 1 aliphatic carbocycles. The van der Waals surface area contributed by atoms with Crippen molar-refractivity contribution in [3.05, 3.63) is 0 Å². The molecule has 14 heavy (non-hydrogen) atoms. The molecule has 3 heteroatoms.